The topological polar surface area (TPSA) is 104 Å². The third kappa shape index (κ3) is 3.10. The monoisotopic (exact) mass is 395 g/mol. The van der Waals surface area contributed by atoms with Crippen molar-refractivity contribution in [1.29, 1.82) is 0 Å². The molecule has 0 saturated carbocycles. The molecule has 0 radical (unpaired) electrons. The molecule has 0 N–H and O–H groups in total. The van der Waals surface area contributed by atoms with Crippen LogP contribution in [0.4, 0.5) is 14.5 Å². The lowest BCUT2D eigenvalue weighted by Crippen LogP contribution is -2.20. The molecule has 27 heavy (non-hydrogen) atoms. The van der Waals surface area contributed by atoms with Crippen molar-refractivity contribution in [2.24, 2.45) is 0 Å². The second-order valence-electron chi connectivity index (χ2n) is 5.26. The molecule has 0 saturated heterocycles. The van der Waals surface area contributed by atoms with E-state index in [9.17, 15) is 28.5 Å². The zero-order valence-corrected chi connectivity index (χ0v) is 14.2. The summed E-state index contributed by atoms with van der Waals surface area (Å²) in [7, 11) is 1.04. The molecule has 11 heteroatoms. The highest BCUT2D eigenvalue weighted by Gasteiger charge is 2.21. The summed E-state index contributed by atoms with van der Waals surface area (Å²) in [6.07, 6.45) is 1.01. The quantitative estimate of drug-likeness (QED) is 0.292. The number of carbonyl (C=O) groups is 1. The predicted molar refractivity (Wildman–Crippen MR) is 90.3 cm³/mol. The lowest BCUT2D eigenvalue weighted by atomic mass is 10.1. The predicted octanol–water partition coefficient (Wildman–Crippen LogP) is 3.01. The summed E-state index contributed by atoms with van der Waals surface area (Å²) < 4.78 is 33.0. The van der Waals surface area contributed by atoms with Crippen molar-refractivity contribution in [2.45, 2.75) is 0 Å². The van der Waals surface area contributed by atoms with Gasteiger partial charge in [0, 0.05) is 12.3 Å². The van der Waals surface area contributed by atoms with Crippen LogP contribution in [0.2, 0.25) is 5.15 Å². The first-order valence-electron chi connectivity index (χ1n) is 7.18. The van der Waals surface area contributed by atoms with Crippen LogP contribution in [0.5, 0.6) is 0 Å². The summed E-state index contributed by atoms with van der Waals surface area (Å²) in [5.74, 6) is -3.10. The average Bonchev–Trinajstić information content (AvgIpc) is 2.63. The summed E-state index contributed by atoms with van der Waals surface area (Å²) in [4.78, 5) is 38.2. The van der Waals surface area contributed by atoms with E-state index in [0.717, 1.165) is 42.1 Å². The van der Waals surface area contributed by atoms with E-state index in [1.807, 2.05) is 0 Å². The average molecular weight is 396 g/mol. The first kappa shape index (κ1) is 18.4. The zero-order chi connectivity index (χ0) is 19.9. The Morgan fingerprint density at radius 1 is 1.30 bits per heavy atom. The molecule has 0 unspecified atom stereocenters. The number of benzene rings is 1. The Kier molecular flexibility index (Phi) is 4.58. The van der Waals surface area contributed by atoms with Gasteiger partial charge in [-0.05, 0) is 18.2 Å². The number of ether oxygens (including phenoxy) is 1. The molecule has 3 rings (SSSR count). The molecular weight excluding hydrogens is 388 g/mol. The highest BCUT2D eigenvalue weighted by Crippen LogP contribution is 2.25. The standard InChI is InChI=1S/C16H8ClF2N3O5/c1-27-16(24)9-6-21(7-2-3-10(18)12(4-7)22(25)26)15-8(13(9)23)5-11(19)14(17)20-15/h2-6H,1H3. The molecule has 0 bridgehead atoms. The van der Waals surface area contributed by atoms with E-state index in [2.05, 4.69) is 9.72 Å². The van der Waals surface area contributed by atoms with Crippen molar-refractivity contribution in [3.63, 3.8) is 0 Å². The summed E-state index contributed by atoms with van der Waals surface area (Å²) in [5.41, 5.74) is -2.37. The lowest BCUT2D eigenvalue weighted by Gasteiger charge is -2.12. The Morgan fingerprint density at radius 2 is 2.00 bits per heavy atom. The van der Waals surface area contributed by atoms with Gasteiger partial charge in [-0.2, -0.15) is 4.39 Å². The fourth-order valence-corrected chi connectivity index (χ4v) is 2.58. The first-order valence-corrected chi connectivity index (χ1v) is 7.56. The molecular formula is C16H8ClF2N3O5. The molecule has 2 aromatic heterocycles. The number of nitro benzene ring substituents is 1. The van der Waals surface area contributed by atoms with Gasteiger partial charge in [0.25, 0.3) is 0 Å². The van der Waals surface area contributed by atoms with E-state index in [1.54, 1.807) is 0 Å². The van der Waals surface area contributed by atoms with Crippen LogP contribution in [0.15, 0.2) is 35.3 Å². The summed E-state index contributed by atoms with van der Waals surface area (Å²) in [5, 5.41) is 10.1. The number of pyridine rings is 2. The number of aromatic nitrogens is 2. The van der Waals surface area contributed by atoms with E-state index < -0.39 is 44.4 Å². The zero-order valence-electron chi connectivity index (χ0n) is 13.4. The van der Waals surface area contributed by atoms with Crippen LogP contribution < -0.4 is 5.43 Å². The maximum Gasteiger partial charge on any atom is 0.343 e. The largest absolute Gasteiger partial charge is 0.465 e. The minimum atomic E-state index is -1.08. The molecule has 0 atom stereocenters. The van der Waals surface area contributed by atoms with Gasteiger partial charge >= 0.3 is 11.7 Å². The molecule has 1 aromatic carbocycles. The number of methoxy groups -OCH3 is 1. The van der Waals surface area contributed by atoms with Gasteiger partial charge in [-0.1, -0.05) is 11.6 Å². The van der Waals surface area contributed by atoms with Gasteiger partial charge in [-0.25, -0.2) is 14.2 Å². The minimum absolute atomic E-state index is 0.00609. The molecule has 0 aliphatic heterocycles. The minimum Gasteiger partial charge on any atom is -0.465 e. The number of esters is 1. The summed E-state index contributed by atoms with van der Waals surface area (Å²) in [6, 6.07) is 3.65. The van der Waals surface area contributed by atoms with Crippen LogP contribution in [0.1, 0.15) is 10.4 Å². The fraction of sp³-hybridized carbons (Fsp3) is 0.0625. The normalized spacial score (nSPS) is 10.8. The molecule has 2 heterocycles. The second-order valence-corrected chi connectivity index (χ2v) is 5.62. The van der Waals surface area contributed by atoms with E-state index in [0.29, 0.717) is 0 Å². The van der Waals surface area contributed by atoms with E-state index in [-0.39, 0.29) is 16.7 Å². The number of carbonyl (C=O) groups excluding carboxylic acids is 1. The Hall–Kier alpha value is -3.40. The van der Waals surface area contributed by atoms with Crippen LogP contribution in [0.25, 0.3) is 16.7 Å². The van der Waals surface area contributed by atoms with E-state index >= 15 is 0 Å². The van der Waals surface area contributed by atoms with Crippen LogP contribution in [0, 0.1) is 21.7 Å². The molecule has 3 aromatic rings. The van der Waals surface area contributed by atoms with Gasteiger partial charge in [-0.3, -0.25) is 19.5 Å². The number of fused-ring (bicyclic) bond motifs is 1. The fourth-order valence-electron chi connectivity index (χ4n) is 2.45. The molecule has 8 nitrogen and oxygen atoms in total. The second kappa shape index (κ2) is 6.72. The molecule has 138 valence electrons. The van der Waals surface area contributed by atoms with Gasteiger partial charge in [0.1, 0.15) is 11.2 Å². The number of rotatable bonds is 3. The first-order chi connectivity index (χ1) is 12.7. The van der Waals surface area contributed by atoms with Crippen molar-refractivity contribution < 1.29 is 23.2 Å². The van der Waals surface area contributed by atoms with Crippen molar-refractivity contribution in [2.75, 3.05) is 7.11 Å². The van der Waals surface area contributed by atoms with Crippen molar-refractivity contribution in [3.8, 4) is 5.69 Å². The molecule has 0 aliphatic carbocycles. The van der Waals surface area contributed by atoms with Gasteiger partial charge in [-0.15, -0.1) is 0 Å². The number of halogens is 3. The summed E-state index contributed by atoms with van der Waals surface area (Å²) >= 11 is 5.67. The summed E-state index contributed by atoms with van der Waals surface area (Å²) in [6.45, 7) is 0. The number of nitro groups is 1. The lowest BCUT2D eigenvalue weighted by molar-refractivity contribution is -0.387. The Bertz CT molecular complexity index is 1180. The van der Waals surface area contributed by atoms with Crippen molar-refractivity contribution in [3.05, 3.63) is 73.2 Å². The highest BCUT2D eigenvalue weighted by molar-refractivity contribution is 6.29. The van der Waals surface area contributed by atoms with E-state index in [4.69, 9.17) is 11.6 Å². The molecule has 0 spiro atoms. The third-order valence-corrected chi connectivity index (χ3v) is 3.96. The van der Waals surface area contributed by atoms with Gasteiger partial charge in [0.05, 0.1) is 23.1 Å². The number of nitrogens with zero attached hydrogens (tertiary/aromatic N) is 3. The maximum atomic E-state index is 13.8. The van der Waals surface area contributed by atoms with Gasteiger partial charge < -0.3 is 4.74 Å². The Morgan fingerprint density at radius 3 is 2.63 bits per heavy atom. The highest BCUT2D eigenvalue weighted by atomic mass is 35.5. The molecule has 0 fully saturated rings. The van der Waals surface area contributed by atoms with Gasteiger partial charge in [0.15, 0.2) is 11.0 Å². The van der Waals surface area contributed by atoms with Gasteiger partial charge in [0.2, 0.25) is 11.2 Å². The Labute approximate surface area is 153 Å². The maximum absolute atomic E-state index is 13.8. The van der Waals surface area contributed by atoms with Crippen molar-refractivity contribution >= 4 is 34.3 Å². The van der Waals surface area contributed by atoms with E-state index in [1.165, 1.54) is 0 Å². The molecule has 0 amide bonds. The number of hydrogen-bond donors (Lipinski definition) is 0. The SMILES string of the molecule is COC(=O)c1cn(-c2ccc(F)c([N+](=O)[O-])c2)c2nc(Cl)c(F)cc2c1=O. The van der Waals surface area contributed by atoms with Crippen LogP contribution >= 0.6 is 11.6 Å². The number of hydrogen-bond acceptors (Lipinski definition) is 6. The molecule has 0 aliphatic rings. The van der Waals surface area contributed by atoms with Crippen molar-refractivity contribution in [1.82, 2.24) is 9.55 Å². The van der Waals surface area contributed by atoms with Crippen LogP contribution in [0.3, 0.4) is 0 Å². The Balaban J connectivity index is 2.45. The third-order valence-electron chi connectivity index (χ3n) is 3.70. The van der Waals surface area contributed by atoms with Crippen LogP contribution in [-0.2, 0) is 4.74 Å². The smallest absolute Gasteiger partial charge is 0.343 e. The van der Waals surface area contributed by atoms with Crippen LogP contribution in [-0.4, -0.2) is 27.6 Å².